The maximum Gasteiger partial charge on any atom is 0.266 e. The molecule has 10 heteroatoms. The first-order valence-corrected chi connectivity index (χ1v) is 14.5. The molecule has 1 aliphatic carbocycles. The van der Waals surface area contributed by atoms with E-state index in [1.807, 2.05) is 12.1 Å². The minimum Gasteiger partial charge on any atom is -0.354 e. The Kier molecular flexibility index (Phi) is 8.43. The Morgan fingerprint density at radius 1 is 1.00 bits per heavy atom. The summed E-state index contributed by atoms with van der Waals surface area (Å²) in [5, 5.41) is 4.66. The molecule has 0 spiro atoms. The number of amides is 2. The molecule has 2 aromatic heterocycles. The van der Waals surface area contributed by atoms with Gasteiger partial charge in [-0.05, 0) is 67.1 Å². The molecule has 0 radical (unpaired) electrons. The van der Waals surface area contributed by atoms with Crippen molar-refractivity contribution in [3.8, 4) is 11.1 Å². The van der Waals surface area contributed by atoms with E-state index in [9.17, 15) is 9.59 Å². The number of carbonyl (C=O) groups is 2. The molecule has 0 atom stereocenters. The van der Waals surface area contributed by atoms with Crippen molar-refractivity contribution >= 4 is 68.0 Å². The van der Waals surface area contributed by atoms with E-state index in [1.165, 1.54) is 24.3 Å². The summed E-state index contributed by atoms with van der Waals surface area (Å²) >= 11 is 20.6. The van der Waals surface area contributed by atoms with Crippen molar-refractivity contribution in [1.29, 1.82) is 0 Å². The number of benzene rings is 2. The number of halogens is 4. The van der Waals surface area contributed by atoms with Crippen molar-refractivity contribution in [3.05, 3.63) is 86.2 Å². The highest BCUT2D eigenvalue weighted by Gasteiger charge is 2.33. The number of thiophene rings is 1. The summed E-state index contributed by atoms with van der Waals surface area (Å²) in [6.07, 6.45) is 6.13. The number of carbonyl (C=O) groups excluding carboxylic acids is 2. The third-order valence-corrected chi connectivity index (χ3v) is 9.72. The first kappa shape index (κ1) is 27.8. The molecule has 202 valence electrons. The SMILES string of the molecule is CC(=O)NC1CCC(N(Cc2cc(-c3ccncc3)ccc2F)C(=O)c2sc3c(Cl)c(Cl)ccc3c2Cl)CC1. The van der Waals surface area contributed by atoms with Gasteiger partial charge >= 0.3 is 0 Å². The van der Waals surface area contributed by atoms with Gasteiger partial charge in [-0.1, -0.05) is 46.9 Å². The highest BCUT2D eigenvalue weighted by atomic mass is 35.5. The number of hydrogen-bond acceptors (Lipinski definition) is 4. The van der Waals surface area contributed by atoms with E-state index < -0.39 is 5.82 Å². The fourth-order valence-electron chi connectivity index (χ4n) is 5.13. The van der Waals surface area contributed by atoms with E-state index in [1.54, 1.807) is 41.6 Å². The topological polar surface area (TPSA) is 62.3 Å². The fraction of sp³-hybridized carbons (Fsp3) is 0.276. The zero-order chi connectivity index (χ0) is 27.7. The van der Waals surface area contributed by atoms with Gasteiger partial charge in [0.05, 0.1) is 19.8 Å². The molecule has 1 saturated carbocycles. The first-order chi connectivity index (χ1) is 18.7. The summed E-state index contributed by atoms with van der Waals surface area (Å²) in [6, 6.07) is 11.9. The molecule has 2 aromatic carbocycles. The van der Waals surface area contributed by atoms with Gasteiger partial charge in [-0.25, -0.2) is 4.39 Å². The van der Waals surface area contributed by atoms with Crippen molar-refractivity contribution in [2.75, 3.05) is 0 Å². The van der Waals surface area contributed by atoms with Gasteiger partial charge in [-0.15, -0.1) is 11.3 Å². The molecule has 2 amide bonds. The Hall–Kier alpha value is -2.71. The summed E-state index contributed by atoms with van der Waals surface area (Å²) in [7, 11) is 0. The van der Waals surface area contributed by atoms with Crippen molar-refractivity contribution < 1.29 is 14.0 Å². The van der Waals surface area contributed by atoms with Crippen LogP contribution in [0.2, 0.25) is 15.1 Å². The molecule has 0 unspecified atom stereocenters. The quantitative estimate of drug-likeness (QED) is 0.242. The van der Waals surface area contributed by atoms with Crippen LogP contribution in [0.3, 0.4) is 0 Å². The number of nitrogens with one attached hydrogen (secondary N) is 1. The maximum atomic E-state index is 15.2. The standard InChI is InChI=1S/C29H25Cl3FN3O2S/c1-16(37)35-20-3-5-21(6-4-20)36(15-19-14-18(2-9-24(19)33)17-10-12-34-13-11-17)29(38)28-25(31)22-7-8-23(30)26(32)27(22)39-28/h2,7-14,20-21H,3-6,15H2,1H3,(H,35,37). The third-order valence-electron chi connectivity index (χ3n) is 7.09. The number of rotatable bonds is 6. The lowest BCUT2D eigenvalue weighted by molar-refractivity contribution is -0.119. The fourth-order valence-corrected chi connectivity index (χ4v) is 7.12. The monoisotopic (exact) mass is 603 g/mol. The largest absolute Gasteiger partial charge is 0.354 e. The molecular formula is C29H25Cl3FN3O2S. The van der Waals surface area contributed by atoms with Crippen LogP contribution < -0.4 is 5.32 Å². The van der Waals surface area contributed by atoms with Gasteiger partial charge in [0.15, 0.2) is 0 Å². The Morgan fingerprint density at radius 2 is 1.72 bits per heavy atom. The predicted molar refractivity (Wildman–Crippen MR) is 156 cm³/mol. The molecule has 4 aromatic rings. The van der Waals surface area contributed by atoms with Crippen LogP contribution in [0.4, 0.5) is 4.39 Å². The van der Waals surface area contributed by atoms with Crippen LogP contribution in [0.25, 0.3) is 21.2 Å². The van der Waals surface area contributed by atoms with E-state index in [4.69, 9.17) is 34.8 Å². The number of pyridine rings is 1. The van der Waals surface area contributed by atoms with Gasteiger partial charge in [-0.3, -0.25) is 14.6 Å². The van der Waals surface area contributed by atoms with Crippen molar-refractivity contribution in [1.82, 2.24) is 15.2 Å². The molecular weight excluding hydrogens is 580 g/mol. The van der Waals surface area contributed by atoms with Crippen molar-refractivity contribution in [2.24, 2.45) is 0 Å². The summed E-state index contributed by atoms with van der Waals surface area (Å²) in [5.41, 5.74) is 2.14. The second-order valence-corrected chi connectivity index (χ2v) is 11.8. The zero-order valence-corrected chi connectivity index (χ0v) is 24.1. The van der Waals surface area contributed by atoms with Gasteiger partial charge in [-0.2, -0.15) is 0 Å². The van der Waals surface area contributed by atoms with Gasteiger partial charge in [0.1, 0.15) is 10.7 Å². The average Bonchev–Trinajstić information content (AvgIpc) is 3.27. The normalized spacial score (nSPS) is 17.3. The predicted octanol–water partition coefficient (Wildman–Crippen LogP) is 8.15. The summed E-state index contributed by atoms with van der Waals surface area (Å²) in [4.78, 5) is 31.8. The molecule has 2 heterocycles. The molecule has 0 saturated heterocycles. The second kappa shape index (κ2) is 11.8. The third kappa shape index (κ3) is 5.92. The van der Waals surface area contributed by atoms with Gasteiger partial charge in [0.2, 0.25) is 5.91 Å². The molecule has 1 N–H and O–H groups in total. The van der Waals surface area contributed by atoms with Gasteiger partial charge in [0.25, 0.3) is 5.91 Å². The Labute approximate surface area is 244 Å². The molecule has 5 nitrogen and oxygen atoms in total. The highest BCUT2D eigenvalue weighted by molar-refractivity contribution is 7.22. The van der Waals surface area contributed by atoms with Crippen LogP contribution >= 0.6 is 46.1 Å². The van der Waals surface area contributed by atoms with E-state index in [0.717, 1.165) is 24.0 Å². The number of nitrogens with zero attached hydrogens (tertiary/aromatic N) is 2. The average molecular weight is 605 g/mol. The van der Waals surface area contributed by atoms with Crippen LogP contribution in [-0.2, 0) is 11.3 Å². The van der Waals surface area contributed by atoms with E-state index in [2.05, 4.69) is 10.3 Å². The van der Waals surface area contributed by atoms with Crippen LogP contribution in [-0.4, -0.2) is 33.8 Å². The molecule has 5 rings (SSSR count). The minimum absolute atomic E-state index is 0.0521. The highest BCUT2D eigenvalue weighted by Crippen LogP contribution is 2.43. The molecule has 39 heavy (non-hydrogen) atoms. The summed E-state index contributed by atoms with van der Waals surface area (Å²) in [5.74, 6) is -0.756. The second-order valence-electron chi connectivity index (χ2n) is 9.66. The number of fused-ring (bicyclic) bond motifs is 1. The van der Waals surface area contributed by atoms with E-state index >= 15 is 4.39 Å². The Balaban J connectivity index is 1.51. The Morgan fingerprint density at radius 3 is 2.41 bits per heavy atom. The summed E-state index contributed by atoms with van der Waals surface area (Å²) < 4.78 is 15.8. The van der Waals surface area contributed by atoms with E-state index in [0.29, 0.717) is 48.4 Å². The Bertz CT molecular complexity index is 1540. The minimum atomic E-state index is -0.394. The molecule has 1 fully saturated rings. The van der Waals surface area contributed by atoms with Crippen LogP contribution in [0.5, 0.6) is 0 Å². The first-order valence-electron chi connectivity index (χ1n) is 12.6. The smallest absolute Gasteiger partial charge is 0.266 e. The lowest BCUT2D eigenvalue weighted by Gasteiger charge is -2.37. The van der Waals surface area contributed by atoms with Crippen LogP contribution in [0.15, 0.2) is 54.9 Å². The molecule has 0 aliphatic heterocycles. The lowest BCUT2D eigenvalue weighted by Crippen LogP contribution is -2.45. The van der Waals surface area contributed by atoms with Crippen molar-refractivity contribution in [2.45, 2.75) is 51.2 Å². The zero-order valence-electron chi connectivity index (χ0n) is 21.0. The number of aromatic nitrogens is 1. The van der Waals surface area contributed by atoms with E-state index in [-0.39, 0.29) is 30.4 Å². The van der Waals surface area contributed by atoms with Crippen LogP contribution in [0.1, 0.15) is 47.8 Å². The number of hydrogen-bond donors (Lipinski definition) is 1. The van der Waals surface area contributed by atoms with Crippen LogP contribution in [0, 0.1) is 5.82 Å². The lowest BCUT2D eigenvalue weighted by atomic mass is 9.89. The summed E-state index contributed by atoms with van der Waals surface area (Å²) in [6.45, 7) is 1.57. The van der Waals surface area contributed by atoms with Gasteiger partial charge < -0.3 is 10.2 Å². The maximum absolute atomic E-state index is 15.2. The molecule has 0 bridgehead atoms. The van der Waals surface area contributed by atoms with Crippen molar-refractivity contribution in [3.63, 3.8) is 0 Å². The van der Waals surface area contributed by atoms with Gasteiger partial charge in [0, 0.05) is 48.9 Å². The molecule has 1 aliphatic rings.